The van der Waals surface area contributed by atoms with Gasteiger partial charge in [-0.15, -0.1) is 0 Å². The molecule has 2 aliphatic rings. The molecule has 5 rings (SSSR count). The zero-order valence-electron chi connectivity index (χ0n) is 12.6. The van der Waals surface area contributed by atoms with E-state index in [9.17, 15) is 0 Å². The first kappa shape index (κ1) is 12.8. The molecule has 0 atom stereocenters. The monoisotopic (exact) mass is 365 g/mol. The van der Waals surface area contributed by atoms with Gasteiger partial charge in [0, 0.05) is 0 Å². The van der Waals surface area contributed by atoms with E-state index in [1.54, 1.807) is 10.4 Å². The van der Waals surface area contributed by atoms with Crippen molar-refractivity contribution in [2.24, 2.45) is 0 Å². The number of hydrogen-bond donors (Lipinski definition) is 0. The Hall–Kier alpha value is -1.67. The van der Waals surface area contributed by atoms with E-state index >= 15 is 0 Å². The zero-order valence-corrected chi connectivity index (χ0v) is 15.3. The van der Waals surface area contributed by atoms with Crippen LogP contribution < -0.4 is 19.3 Å². The van der Waals surface area contributed by atoms with Crippen LogP contribution in [0.4, 0.5) is 0 Å². The molecule has 3 heterocycles. The van der Waals surface area contributed by atoms with Gasteiger partial charge in [-0.1, -0.05) is 0 Å². The van der Waals surface area contributed by atoms with Crippen LogP contribution in [-0.2, 0) is 0 Å². The molecular weight excluding hydrogens is 349 g/mol. The van der Waals surface area contributed by atoms with E-state index in [0.29, 0.717) is 15.0 Å². The SMILES string of the molecule is C[Si]1(C)c2cccc3c2-c2c1ccnc2-c1ccccc1[Se]3. The van der Waals surface area contributed by atoms with Gasteiger partial charge in [-0.3, -0.25) is 0 Å². The summed E-state index contributed by atoms with van der Waals surface area (Å²) in [5.41, 5.74) is 5.51. The topological polar surface area (TPSA) is 12.9 Å². The number of aromatic nitrogens is 1. The molecule has 0 N–H and O–H groups in total. The van der Waals surface area contributed by atoms with E-state index in [1.807, 2.05) is 6.20 Å². The van der Waals surface area contributed by atoms with Crippen LogP contribution in [0.5, 0.6) is 0 Å². The average molecular weight is 364 g/mol. The predicted octanol–water partition coefficient (Wildman–Crippen LogP) is 1.52. The fourth-order valence-electron chi connectivity index (χ4n) is 3.85. The van der Waals surface area contributed by atoms with E-state index in [4.69, 9.17) is 4.98 Å². The van der Waals surface area contributed by atoms with Crippen LogP contribution in [-0.4, -0.2) is 28.0 Å². The van der Waals surface area contributed by atoms with Crippen LogP contribution in [0, 0.1) is 0 Å². The molecule has 1 nitrogen and oxygen atoms in total. The Kier molecular flexibility index (Phi) is 2.45. The van der Waals surface area contributed by atoms with Crippen molar-refractivity contribution in [1.82, 2.24) is 4.98 Å². The van der Waals surface area contributed by atoms with Crippen LogP contribution >= 0.6 is 0 Å². The Labute approximate surface area is 137 Å². The molecular formula is C19H15NSeSi. The predicted molar refractivity (Wildman–Crippen MR) is 96.9 cm³/mol. The van der Waals surface area contributed by atoms with Crippen LogP contribution in [0.25, 0.3) is 22.4 Å². The molecule has 0 aliphatic carbocycles. The summed E-state index contributed by atoms with van der Waals surface area (Å²) in [7, 11) is -1.58. The standard InChI is InChI=1S/C19H15NSeSi/c1-22(2)15-9-5-8-14-17(15)18-16(22)10-11-20-19(18)12-6-3-4-7-13(12)21-14/h3-11H,1-2H3. The molecule has 22 heavy (non-hydrogen) atoms. The first-order valence-corrected chi connectivity index (χ1v) is 12.3. The number of nitrogens with zero attached hydrogens (tertiary/aromatic N) is 1. The summed E-state index contributed by atoms with van der Waals surface area (Å²) >= 11 is 0.356. The zero-order chi connectivity index (χ0) is 14.9. The van der Waals surface area contributed by atoms with Crippen molar-refractivity contribution in [3.63, 3.8) is 0 Å². The van der Waals surface area contributed by atoms with Gasteiger partial charge in [-0.05, 0) is 0 Å². The summed E-state index contributed by atoms with van der Waals surface area (Å²) in [6.45, 7) is 4.96. The minimum atomic E-state index is -1.58. The first-order valence-electron chi connectivity index (χ1n) is 7.58. The third-order valence-electron chi connectivity index (χ3n) is 4.94. The first-order chi connectivity index (χ1) is 10.7. The molecule has 2 aliphatic heterocycles. The van der Waals surface area contributed by atoms with Gasteiger partial charge in [0.25, 0.3) is 0 Å². The molecule has 106 valence electrons. The molecule has 3 heteroatoms. The quantitative estimate of drug-likeness (QED) is 0.431. The van der Waals surface area contributed by atoms with Crippen molar-refractivity contribution in [3.8, 4) is 22.4 Å². The van der Waals surface area contributed by atoms with E-state index in [2.05, 4.69) is 61.6 Å². The fraction of sp³-hybridized carbons (Fsp3) is 0.105. The minimum absolute atomic E-state index is 0.356. The van der Waals surface area contributed by atoms with Crippen LogP contribution in [0.3, 0.4) is 0 Å². The second kappa shape index (κ2) is 4.20. The van der Waals surface area contributed by atoms with E-state index in [0.717, 1.165) is 0 Å². The molecule has 0 radical (unpaired) electrons. The van der Waals surface area contributed by atoms with Crippen LogP contribution in [0.1, 0.15) is 0 Å². The molecule has 0 spiro atoms. The van der Waals surface area contributed by atoms with Crippen molar-refractivity contribution in [3.05, 3.63) is 54.7 Å². The van der Waals surface area contributed by atoms with E-state index < -0.39 is 8.07 Å². The van der Waals surface area contributed by atoms with Gasteiger partial charge in [-0.25, -0.2) is 0 Å². The molecule has 0 fully saturated rings. The van der Waals surface area contributed by atoms with Gasteiger partial charge in [0.1, 0.15) is 0 Å². The number of pyridine rings is 1. The molecule has 3 aromatic rings. The van der Waals surface area contributed by atoms with Gasteiger partial charge in [0.15, 0.2) is 0 Å². The molecule has 2 aromatic carbocycles. The van der Waals surface area contributed by atoms with Gasteiger partial charge in [0.2, 0.25) is 0 Å². The van der Waals surface area contributed by atoms with Crippen LogP contribution in [0.15, 0.2) is 54.7 Å². The number of benzene rings is 2. The fourth-order valence-corrected chi connectivity index (χ4v) is 9.45. The Morgan fingerprint density at radius 3 is 2.50 bits per heavy atom. The molecule has 0 saturated carbocycles. The Morgan fingerprint density at radius 2 is 1.59 bits per heavy atom. The van der Waals surface area contributed by atoms with E-state index in [-0.39, 0.29) is 0 Å². The van der Waals surface area contributed by atoms with Gasteiger partial charge >= 0.3 is 138 Å². The molecule has 0 saturated heterocycles. The Balaban J connectivity index is 2.02. The molecule has 0 unspecified atom stereocenters. The number of fused-ring (bicyclic) bond motifs is 2. The van der Waals surface area contributed by atoms with E-state index in [1.165, 1.54) is 31.3 Å². The van der Waals surface area contributed by atoms with Crippen molar-refractivity contribution in [2.75, 3.05) is 0 Å². The van der Waals surface area contributed by atoms with Crippen molar-refractivity contribution in [2.45, 2.75) is 13.1 Å². The van der Waals surface area contributed by atoms with Gasteiger partial charge in [0.05, 0.1) is 0 Å². The van der Waals surface area contributed by atoms with Gasteiger partial charge < -0.3 is 0 Å². The Morgan fingerprint density at radius 1 is 0.818 bits per heavy atom. The van der Waals surface area contributed by atoms with Gasteiger partial charge in [-0.2, -0.15) is 0 Å². The maximum atomic E-state index is 4.81. The normalized spacial score (nSPS) is 15.9. The third kappa shape index (κ3) is 1.46. The summed E-state index contributed by atoms with van der Waals surface area (Å²) in [5, 5.41) is 3.16. The second-order valence-electron chi connectivity index (χ2n) is 6.48. The maximum absolute atomic E-state index is 4.81. The van der Waals surface area contributed by atoms with Crippen molar-refractivity contribution in [1.29, 1.82) is 0 Å². The number of hydrogen-bond acceptors (Lipinski definition) is 1. The summed E-state index contributed by atoms with van der Waals surface area (Å²) in [5.74, 6) is 0. The molecule has 0 bridgehead atoms. The van der Waals surface area contributed by atoms with Crippen molar-refractivity contribution >= 4 is 42.3 Å². The second-order valence-corrected chi connectivity index (χ2v) is 13.1. The molecule has 0 amide bonds. The third-order valence-corrected chi connectivity index (χ3v) is 10.8. The average Bonchev–Trinajstić information content (AvgIpc) is 2.69. The summed E-state index contributed by atoms with van der Waals surface area (Å²) < 4.78 is 2.99. The van der Waals surface area contributed by atoms with Crippen LogP contribution in [0.2, 0.25) is 13.1 Å². The van der Waals surface area contributed by atoms with Crippen molar-refractivity contribution < 1.29 is 0 Å². The number of rotatable bonds is 0. The Bertz CT molecular complexity index is 946. The summed E-state index contributed by atoms with van der Waals surface area (Å²) in [4.78, 5) is 4.81. The summed E-state index contributed by atoms with van der Waals surface area (Å²) in [6, 6.07) is 18.1. The summed E-state index contributed by atoms with van der Waals surface area (Å²) in [6.07, 6.45) is 2.02. The molecule has 1 aromatic heterocycles.